The number of hydrogen-bond acceptors (Lipinski definition) is 1. The lowest BCUT2D eigenvalue weighted by atomic mass is 9.63. The van der Waals surface area contributed by atoms with Gasteiger partial charge in [-0.25, -0.2) is 0 Å². The van der Waals surface area contributed by atoms with Gasteiger partial charge in [0.05, 0.1) is 7.11 Å². The topological polar surface area (TPSA) is 9.23 Å². The van der Waals surface area contributed by atoms with E-state index in [1.165, 1.54) is 42.9 Å². The maximum absolute atomic E-state index is 5.62. The lowest BCUT2D eigenvalue weighted by molar-refractivity contribution is 0.304. The molecule has 1 saturated carbocycles. The highest BCUT2D eigenvalue weighted by molar-refractivity contribution is 5.90. The predicted octanol–water partition coefficient (Wildman–Crippen LogP) is 5.02. The molecule has 0 aromatic heterocycles. The molecule has 2 aromatic carbocycles. The molecule has 0 saturated heterocycles. The fourth-order valence-electron chi connectivity index (χ4n) is 5.47. The van der Waals surface area contributed by atoms with Crippen LogP contribution in [-0.2, 0) is 11.8 Å². The number of benzene rings is 2. The smallest absolute Gasteiger partial charge is 0.126 e. The zero-order valence-electron chi connectivity index (χ0n) is 13.1. The first-order chi connectivity index (χ1) is 10.8. The number of ether oxygens (including phenoxy) is 1. The largest absolute Gasteiger partial charge is 0.496 e. The summed E-state index contributed by atoms with van der Waals surface area (Å²) in [6, 6.07) is 11.3. The van der Waals surface area contributed by atoms with Crippen molar-refractivity contribution in [3.8, 4) is 5.75 Å². The van der Waals surface area contributed by atoms with E-state index >= 15 is 0 Å². The Labute approximate surface area is 132 Å². The third kappa shape index (κ3) is 1.54. The van der Waals surface area contributed by atoms with Crippen molar-refractivity contribution in [1.29, 1.82) is 0 Å². The van der Waals surface area contributed by atoms with E-state index in [1.54, 1.807) is 18.2 Å². The number of hydrogen-bond donors (Lipinski definition) is 0. The van der Waals surface area contributed by atoms with Crippen LogP contribution in [0.15, 0.2) is 42.5 Å². The average molecular weight is 290 g/mol. The van der Waals surface area contributed by atoms with Crippen LogP contribution in [0.5, 0.6) is 5.75 Å². The second-order valence-electron chi connectivity index (χ2n) is 7.39. The van der Waals surface area contributed by atoms with Gasteiger partial charge in [-0.2, -0.15) is 0 Å². The predicted molar refractivity (Wildman–Crippen MR) is 90.5 cm³/mol. The summed E-state index contributed by atoms with van der Waals surface area (Å²) in [4.78, 5) is 0. The van der Waals surface area contributed by atoms with Crippen LogP contribution in [0.1, 0.15) is 36.8 Å². The molecule has 3 atom stereocenters. The first-order valence-corrected chi connectivity index (χ1v) is 8.59. The molecule has 3 unspecified atom stereocenters. The summed E-state index contributed by atoms with van der Waals surface area (Å²) >= 11 is 0. The molecule has 3 aliphatic carbocycles. The molecule has 1 nitrogen and oxygen atoms in total. The van der Waals surface area contributed by atoms with Gasteiger partial charge in [-0.3, -0.25) is 0 Å². The zero-order valence-corrected chi connectivity index (χ0v) is 13.1. The quantitative estimate of drug-likeness (QED) is 0.670. The number of allylic oxidation sites excluding steroid dienone is 2. The minimum absolute atomic E-state index is 0.419. The van der Waals surface area contributed by atoms with Crippen LogP contribution in [0.3, 0.4) is 0 Å². The van der Waals surface area contributed by atoms with Crippen molar-refractivity contribution in [2.24, 2.45) is 11.8 Å². The molecular weight excluding hydrogens is 268 g/mol. The summed E-state index contributed by atoms with van der Waals surface area (Å²) in [6.45, 7) is 0. The molecule has 3 aliphatic rings. The minimum atomic E-state index is 0.419. The standard InChI is InChI=1S/C21H22O/c1-22-20-6-2-4-15-11-16-5-3-9-21(19(16)12-18(15)20)13-14-7-8-17(21)10-14/h2,4,6-8,11-12,14,17H,3,5,9-10,13H2,1H3. The molecule has 1 spiro atoms. The van der Waals surface area contributed by atoms with Gasteiger partial charge in [-0.1, -0.05) is 30.4 Å². The summed E-state index contributed by atoms with van der Waals surface area (Å²) < 4.78 is 5.62. The van der Waals surface area contributed by atoms with Crippen molar-refractivity contribution >= 4 is 10.8 Å². The summed E-state index contributed by atoms with van der Waals surface area (Å²) in [7, 11) is 1.78. The van der Waals surface area contributed by atoms with E-state index in [1.807, 2.05) is 0 Å². The molecule has 22 heavy (non-hydrogen) atoms. The van der Waals surface area contributed by atoms with Crippen molar-refractivity contribution in [2.45, 2.75) is 37.5 Å². The first kappa shape index (κ1) is 12.8. The van der Waals surface area contributed by atoms with Crippen LogP contribution in [0.25, 0.3) is 10.8 Å². The molecule has 112 valence electrons. The fourth-order valence-corrected chi connectivity index (χ4v) is 5.47. The van der Waals surface area contributed by atoms with E-state index < -0.39 is 0 Å². The lowest BCUT2D eigenvalue weighted by Crippen LogP contribution is -2.35. The Bertz CT molecular complexity index is 788. The minimum Gasteiger partial charge on any atom is -0.496 e. The van der Waals surface area contributed by atoms with E-state index in [4.69, 9.17) is 4.74 Å². The Morgan fingerprint density at radius 1 is 1.18 bits per heavy atom. The Morgan fingerprint density at radius 3 is 2.91 bits per heavy atom. The van der Waals surface area contributed by atoms with Gasteiger partial charge in [0, 0.05) is 10.8 Å². The molecule has 0 N–H and O–H groups in total. The van der Waals surface area contributed by atoms with Crippen molar-refractivity contribution in [1.82, 2.24) is 0 Å². The number of aryl methyl sites for hydroxylation is 1. The second kappa shape index (κ2) is 4.38. The molecule has 0 amide bonds. The number of rotatable bonds is 1. The molecule has 0 aliphatic heterocycles. The van der Waals surface area contributed by atoms with Crippen molar-refractivity contribution in [2.75, 3.05) is 7.11 Å². The molecule has 2 bridgehead atoms. The van der Waals surface area contributed by atoms with Gasteiger partial charge in [0.15, 0.2) is 0 Å². The Balaban J connectivity index is 1.77. The Hall–Kier alpha value is -1.76. The number of methoxy groups -OCH3 is 1. The zero-order chi connectivity index (χ0) is 14.7. The molecule has 1 fully saturated rings. The van der Waals surface area contributed by atoms with Crippen molar-refractivity contribution in [3.63, 3.8) is 0 Å². The maximum Gasteiger partial charge on any atom is 0.126 e. The van der Waals surface area contributed by atoms with Gasteiger partial charge in [0.1, 0.15) is 5.75 Å². The van der Waals surface area contributed by atoms with Crippen molar-refractivity contribution < 1.29 is 4.74 Å². The third-order valence-corrected chi connectivity index (χ3v) is 6.40. The molecule has 0 radical (unpaired) electrons. The maximum atomic E-state index is 5.62. The van der Waals surface area contributed by atoms with Crippen molar-refractivity contribution in [3.05, 3.63) is 53.6 Å². The summed E-state index contributed by atoms with van der Waals surface area (Å²) in [5.74, 6) is 2.60. The Kier molecular flexibility index (Phi) is 2.54. The molecule has 0 heterocycles. The van der Waals surface area contributed by atoms with Crippen LogP contribution in [-0.4, -0.2) is 7.11 Å². The van der Waals surface area contributed by atoms with Gasteiger partial charge in [-0.05, 0) is 72.6 Å². The van der Waals surface area contributed by atoms with Crippen LogP contribution in [0, 0.1) is 11.8 Å². The highest BCUT2D eigenvalue weighted by Gasteiger charge is 2.50. The summed E-state index contributed by atoms with van der Waals surface area (Å²) in [5.41, 5.74) is 3.64. The molecule has 1 heteroatoms. The van der Waals surface area contributed by atoms with E-state index in [9.17, 15) is 0 Å². The van der Waals surface area contributed by atoms with Crippen LogP contribution in [0.4, 0.5) is 0 Å². The average Bonchev–Trinajstić information content (AvgIpc) is 3.14. The highest BCUT2D eigenvalue weighted by Crippen LogP contribution is 2.58. The lowest BCUT2D eigenvalue weighted by Gasteiger charge is -2.41. The fraction of sp³-hybridized carbons (Fsp3) is 0.429. The van der Waals surface area contributed by atoms with Crippen LogP contribution >= 0.6 is 0 Å². The van der Waals surface area contributed by atoms with E-state index in [0.29, 0.717) is 5.41 Å². The molecule has 5 rings (SSSR count). The van der Waals surface area contributed by atoms with Gasteiger partial charge >= 0.3 is 0 Å². The van der Waals surface area contributed by atoms with Crippen LogP contribution in [0.2, 0.25) is 0 Å². The van der Waals surface area contributed by atoms with Gasteiger partial charge in [0.25, 0.3) is 0 Å². The number of fused-ring (bicyclic) bond motifs is 6. The van der Waals surface area contributed by atoms with Gasteiger partial charge in [0.2, 0.25) is 0 Å². The second-order valence-corrected chi connectivity index (χ2v) is 7.39. The van der Waals surface area contributed by atoms with Crippen LogP contribution < -0.4 is 4.74 Å². The molecule has 2 aromatic rings. The normalized spacial score (nSPS) is 31.9. The summed E-state index contributed by atoms with van der Waals surface area (Å²) in [6.07, 6.45) is 11.7. The molecular formula is C21H22O. The van der Waals surface area contributed by atoms with E-state index in [-0.39, 0.29) is 0 Å². The Morgan fingerprint density at radius 2 is 2.14 bits per heavy atom. The van der Waals surface area contributed by atoms with Gasteiger partial charge < -0.3 is 4.74 Å². The monoisotopic (exact) mass is 290 g/mol. The summed E-state index contributed by atoms with van der Waals surface area (Å²) in [5, 5.41) is 2.62. The van der Waals surface area contributed by atoms with E-state index in [0.717, 1.165) is 17.6 Å². The van der Waals surface area contributed by atoms with Gasteiger partial charge in [-0.15, -0.1) is 0 Å². The SMILES string of the molecule is COc1cccc2cc3c(cc12)C1(CCC3)CC2C=CC1C2. The highest BCUT2D eigenvalue weighted by atomic mass is 16.5. The third-order valence-electron chi connectivity index (χ3n) is 6.40. The first-order valence-electron chi connectivity index (χ1n) is 8.59. The van der Waals surface area contributed by atoms with E-state index in [2.05, 4.69) is 42.5 Å².